The van der Waals surface area contributed by atoms with Crippen molar-refractivity contribution in [2.24, 2.45) is 0 Å². The predicted molar refractivity (Wildman–Crippen MR) is 169 cm³/mol. The maximum absolute atomic E-state index is 2.42. The van der Waals surface area contributed by atoms with Crippen LogP contribution in [0, 0.1) is 0 Å². The molecule has 0 N–H and O–H groups in total. The first kappa shape index (κ1) is 29.4. The normalized spacial score (nSPS) is 11.8. The van der Waals surface area contributed by atoms with Crippen LogP contribution in [0.2, 0.25) is 0 Å². The Morgan fingerprint density at radius 2 is 0.784 bits per heavy atom. The first-order valence-electron chi connectivity index (χ1n) is 15.1. The second-order valence-corrected chi connectivity index (χ2v) is 14.1. The largest absolute Gasteiger partial charge is 0.112 e. The Kier molecular flexibility index (Phi) is 14.4. The number of unbranched alkanes of at least 4 members (excludes halogenated alkanes) is 12. The highest BCUT2D eigenvalue weighted by Crippen LogP contribution is 2.56. The van der Waals surface area contributed by atoms with Gasteiger partial charge in [-0.1, -0.05) is 125 Å². The molecule has 0 aliphatic carbocycles. The van der Waals surface area contributed by atoms with E-state index < -0.39 is 7.26 Å². The van der Waals surface area contributed by atoms with Gasteiger partial charge in [-0.25, -0.2) is 0 Å². The fourth-order valence-corrected chi connectivity index (χ4v) is 9.89. The van der Waals surface area contributed by atoms with Crippen molar-refractivity contribution < 1.29 is 0 Å². The van der Waals surface area contributed by atoms with Crippen LogP contribution in [0.25, 0.3) is 0 Å². The monoisotopic (exact) mass is 513 g/mol. The van der Waals surface area contributed by atoms with Crippen LogP contribution in [0.3, 0.4) is 0 Å². The van der Waals surface area contributed by atoms with Gasteiger partial charge in [-0.05, 0) is 74.9 Å². The second-order valence-electron chi connectivity index (χ2n) is 10.5. The summed E-state index contributed by atoms with van der Waals surface area (Å²) in [4.78, 5) is 0. The summed E-state index contributed by atoms with van der Waals surface area (Å²) in [5.74, 6) is 0. The van der Waals surface area contributed by atoms with Crippen LogP contribution in [-0.2, 0) is 0 Å². The third-order valence-electron chi connectivity index (χ3n) is 7.60. The van der Waals surface area contributed by atoms with Crippen molar-refractivity contribution in [3.8, 4) is 0 Å². The zero-order valence-corrected chi connectivity index (χ0v) is 24.3. The summed E-state index contributed by atoms with van der Waals surface area (Å²) in [5, 5.41) is 4.55. The van der Waals surface area contributed by atoms with Crippen molar-refractivity contribution in [3.05, 3.63) is 103 Å². The molecule has 0 aromatic heterocycles. The van der Waals surface area contributed by atoms with E-state index in [9.17, 15) is 0 Å². The predicted octanol–water partition coefficient (Wildman–Crippen LogP) is 10.0. The lowest BCUT2D eigenvalue weighted by Gasteiger charge is -2.27. The lowest BCUT2D eigenvalue weighted by atomic mass is 10.1. The third-order valence-corrected chi connectivity index (χ3v) is 12.1. The highest BCUT2D eigenvalue weighted by Gasteiger charge is 2.44. The maximum Gasteiger partial charge on any atom is 0.112 e. The second kappa shape index (κ2) is 18.1. The van der Waals surface area contributed by atoms with Gasteiger partial charge >= 0.3 is 0 Å². The number of hydrogen-bond acceptors (Lipinski definition) is 0. The van der Waals surface area contributed by atoms with Crippen molar-refractivity contribution in [3.63, 3.8) is 0 Å². The van der Waals surface area contributed by atoms with E-state index in [4.69, 9.17) is 0 Å². The number of allylic oxidation sites excluding steroid dienone is 2. The summed E-state index contributed by atoms with van der Waals surface area (Å²) >= 11 is 0. The van der Waals surface area contributed by atoms with Crippen LogP contribution in [0.4, 0.5) is 0 Å². The van der Waals surface area contributed by atoms with Gasteiger partial charge in [0.05, 0.1) is 6.16 Å². The summed E-state index contributed by atoms with van der Waals surface area (Å²) in [6, 6.07) is 34.0. The van der Waals surface area contributed by atoms with Gasteiger partial charge in [0.2, 0.25) is 0 Å². The van der Waals surface area contributed by atoms with Crippen molar-refractivity contribution >= 4 is 23.2 Å². The quantitative estimate of drug-likeness (QED) is 0.0850. The smallest absolute Gasteiger partial charge is 0.0885 e. The van der Waals surface area contributed by atoms with Crippen molar-refractivity contribution in [2.75, 3.05) is 6.16 Å². The summed E-state index contributed by atoms with van der Waals surface area (Å²) in [6.07, 6.45) is 25.1. The van der Waals surface area contributed by atoms with Gasteiger partial charge < -0.3 is 0 Å². The van der Waals surface area contributed by atoms with Crippen LogP contribution in [0.1, 0.15) is 96.8 Å². The molecule has 198 valence electrons. The van der Waals surface area contributed by atoms with Crippen LogP contribution in [0.5, 0.6) is 0 Å². The molecule has 3 aromatic carbocycles. The SMILES string of the molecule is CCCCC/C=C/CCCCCCCCCCC[P+](c1ccccc1)(c1ccccc1)c1ccccc1. The van der Waals surface area contributed by atoms with Crippen molar-refractivity contribution in [2.45, 2.75) is 96.8 Å². The van der Waals surface area contributed by atoms with Gasteiger partial charge in [-0.3, -0.25) is 0 Å². The number of hydrogen-bond donors (Lipinski definition) is 0. The molecule has 0 fully saturated rings. The van der Waals surface area contributed by atoms with E-state index in [0.717, 1.165) is 0 Å². The maximum atomic E-state index is 2.42. The zero-order valence-electron chi connectivity index (χ0n) is 23.4. The van der Waals surface area contributed by atoms with Crippen LogP contribution in [0.15, 0.2) is 103 Å². The minimum absolute atomic E-state index is 1.26. The summed E-state index contributed by atoms with van der Waals surface area (Å²) in [5.41, 5.74) is 0. The topological polar surface area (TPSA) is 0 Å². The van der Waals surface area contributed by atoms with Crippen molar-refractivity contribution in [1.82, 2.24) is 0 Å². The molecule has 0 spiro atoms. The molecule has 0 nitrogen and oxygen atoms in total. The molecule has 0 amide bonds. The van der Waals surface area contributed by atoms with Gasteiger partial charge in [-0.15, -0.1) is 0 Å². The van der Waals surface area contributed by atoms with Crippen molar-refractivity contribution in [1.29, 1.82) is 0 Å². The van der Waals surface area contributed by atoms with Gasteiger partial charge in [0.25, 0.3) is 0 Å². The lowest BCUT2D eigenvalue weighted by molar-refractivity contribution is 0.567. The molecule has 0 unspecified atom stereocenters. The molecule has 0 aliphatic rings. The molecule has 3 rings (SSSR count). The van der Waals surface area contributed by atoms with E-state index >= 15 is 0 Å². The summed E-state index contributed by atoms with van der Waals surface area (Å²) in [6.45, 7) is 2.28. The van der Waals surface area contributed by atoms with Crippen LogP contribution < -0.4 is 15.9 Å². The molecule has 0 heterocycles. The number of rotatable bonds is 19. The molecule has 0 radical (unpaired) electrons. The van der Waals surface area contributed by atoms with Gasteiger partial charge in [0, 0.05) is 0 Å². The molecular weight excluding hydrogens is 463 g/mol. The summed E-state index contributed by atoms with van der Waals surface area (Å²) < 4.78 is 0. The molecule has 0 atom stereocenters. The van der Waals surface area contributed by atoms with Crippen LogP contribution >= 0.6 is 7.26 Å². The van der Waals surface area contributed by atoms with Crippen LogP contribution in [-0.4, -0.2) is 6.16 Å². The highest BCUT2D eigenvalue weighted by molar-refractivity contribution is 7.95. The fourth-order valence-electron chi connectivity index (χ4n) is 5.48. The third kappa shape index (κ3) is 9.90. The van der Waals surface area contributed by atoms with E-state index in [1.807, 2.05) is 0 Å². The Labute approximate surface area is 229 Å². The minimum atomic E-state index is -1.65. The molecule has 0 saturated heterocycles. The molecule has 0 aliphatic heterocycles. The lowest BCUT2D eigenvalue weighted by Crippen LogP contribution is -2.33. The average molecular weight is 514 g/mol. The van der Waals surface area contributed by atoms with Gasteiger partial charge in [0.15, 0.2) is 0 Å². The highest BCUT2D eigenvalue weighted by atomic mass is 31.2. The first-order chi connectivity index (χ1) is 18.4. The van der Waals surface area contributed by atoms with E-state index in [1.165, 1.54) is 112 Å². The molecule has 37 heavy (non-hydrogen) atoms. The number of benzene rings is 3. The Hall–Kier alpha value is -2.17. The zero-order chi connectivity index (χ0) is 25.9. The first-order valence-corrected chi connectivity index (χ1v) is 17.1. The molecule has 3 aromatic rings. The average Bonchev–Trinajstić information content (AvgIpc) is 2.96. The summed E-state index contributed by atoms with van der Waals surface area (Å²) in [7, 11) is -1.65. The van der Waals surface area contributed by atoms with Gasteiger partial charge in [-0.2, -0.15) is 0 Å². The Morgan fingerprint density at radius 3 is 1.19 bits per heavy atom. The fraction of sp³-hybridized carbons (Fsp3) is 0.444. The van der Waals surface area contributed by atoms with Gasteiger partial charge in [0.1, 0.15) is 23.2 Å². The Bertz CT molecular complexity index is 865. The van der Waals surface area contributed by atoms with E-state index in [1.54, 1.807) is 0 Å². The standard InChI is InChI=1S/C36H50P/c1-2-3-4-5-6-7-8-9-10-11-12-13-14-15-16-26-33-37(34-27-20-17-21-28-34,35-29-22-18-23-30-35)36-31-24-19-25-32-36/h6-7,17-25,27-32H,2-5,8-16,26,33H2,1H3/q+1/b7-6+. The Morgan fingerprint density at radius 1 is 0.432 bits per heavy atom. The van der Waals surface area contributed by atoms with E-state index in [2.05, 4.69) is 110 Å². The van der Waals surface area contributed by atoms with E-state index in [0.29, 0.717) is 0 Å². The molecular formula is C36H50P+. The molecule has 0 bridgehead atoms. The molecule has 0 saturated carbocycles. The van der Waals surface area contributed by atoms with E-state index in [-0.39, 0.29) is 0 Å². The Balaban J connectivity index is 1.43. The molecule has 1 heteroatoms. The minimum Gasteiger partial charge on any atom is -0.0885 e.